The Morgan fingerprint density at radius 2 is 1.09 bits per heavy atom. The minimum Gasteiger partial charge on any atom is -0.310 e. The van der Waals surface area contributed by atoms with Crippen molar-refractivity contribution in [2.45, 2.75) is 51.9 Å². The third-order valence-electron chi connectivity index (χ3n) is 12.3. The smallest absolute Gasteiger partial charge is 0.0542 e. The lowest BCUT2D eigenvalue weighted by molar-refractivity contribution is 0.403. The third-order valence-corrected chi connectivity index (χ3v) is 12.3. The van der Waals surface area contributed by atoms with E-state index in [0.29, 0.717) is 0 Å². The number of benzene rings is 8. The van der Waals surface area contributed by atoms with Crippen LogP contribution in [-0.2, 0) is 10.8 Å². The van der Waals surface area contributed by atoms with Crippen LogP contribution in [-0.4, -0.2) is 4.57 Å². The van der Waals surface area contributed by atoms with E-state index in [1.807, 2.05) is 0 Å². The van der Waals surface area contributed by atoms with E-state index >= 15 is 0 Å². The summed E-state index contributed by atoms with van der Waals surface area (Å²) in [7, 11) is 0. The zero-order chi connectivity index (χ0) is 38.2. The number of nitrogens with zero attached hydrogens (tertiary/aromatic N) is 2. The van der Waals surface area contributed by atoms with Crippen molar-refractivity contribution in [3.63, 3.8) is 0 Å². The van der Waals surface area contributed by atoms with Crippen molar-refractivity contribution in [1.29, 1.82) is 0 Å². The minimum atomic E-state index is 0.120. The normalized spacial score (nSPS) is 14.4. The van der Waals surface area contributed by atoms with Gasteiger partial charge in [0.25, 0.3) is 0 Å². The predicted molar refractivity (Wildman–Crippen MR) is 239 cm³/mol. The summed E-state index contributed by atoms with van der Waals surface area (Å²) in [5.74, 6) is 0. The van der Waals surface area contributed by atoms with Crippen molar-refractivity contribution in [2.24, 2.45) is 0 Å². The number of para-hydroxylation sites is 1. The highest BCUT2D eigenvalue weighted by Gasteiger charge is 2.42. The van der Waals surface area contributed by atoms with E-state index in [1.54, 1.807) is 0 Å². The number of anilines is 3. The lowest BCUT2D eigenvalue weighted by atomic mass is 9.82. The molecule has 0 atom stereocenters. The number of aromatic nitrogens is 1. The van der Waals surface area contributed by atoms with Gasteiger partial charge in [-0.3, -0.25) is 0 Å². The van der Waals surface area contributed by atoms with Crippen molar-refractivity contribution < 1.29 is 0 Å². The van der Waals surface area contributed by atoms with Crippen LogP contribution in [0.25, 0.3) is 60.5 Å². The summed E-state index contributed by atoms with van der Waals surface area (Å²) >= 11 is 0. The number of aryl methyl sites for hydroxylation is 1. The van der Waals surface area contributed by atoms with Crippen molar-refractivity contribution in [3.8, 4) is 27.9 Å². The number of hydrogen-bond donors (Lipinski definition) is 0. The summed E-state index contributed by atoms with van der Waals surface area (Å²) in [6.07, 6.45) is 1.15. The molecule has 0 saturated heterocycles. The van der Waals surface area contributed by atoms with Crippen LogP contribution in [0.2, 0.25) is 0 Å². The Kier molecular flexibility index (Phi) is 7.83. The van der Waals surface area contributed by atoms with Gasteiger partial charge < -0.3 is 9.47 Å². The van der Waals surface area contributed by atoms with Gasteiger partial charge in [-0.05, 0) is 135 Å². The quantitative estimate of drug-likeness (QED) is 0.166. The Bertz CT molecular complexity index is 2960. The van der Waals surface area contributed by atoms with Gasteiger partial charge in [0.05, 0.1) is 11.0 Å². The SMILES string of the molecule is Cc1ccc(N(c2cccc(-c3cccc4ccccc34)c2)c2ccc3c(c2)c2ccccc2n3-c2ccc3c(c2)C(C)(C)CC3(C)C)cc1-c1ccccc1. The molecule has 10 rings (SSSR count). The fourth-order valence-electron chi connectivity index (χ4n) is 9.91. The van der Waals surface area contributed by atoms with Crippen LogP contribution in [0.3, 0.4) is 0 Å². The molecule has 1 aliphatic rings. The molecule has 1 aliphatic carbocycles. The Morgan fingerprint density at radius 3 is 1.95 bits per heavy atom. The Balaban J connectivity index is 1.18. The fourth-order valence-corrected chi connectivity index (χ4v) is 9.91. The minimum absolute atomic E-state index is 0.120. The van der Waals surface area contributed by atoms with E-state index < -0.39 is 0 Å². The summed E-state index contributed by atoms with van der Waals surface area (Å²) in [5, 5.41) is 5.00. The lowest BCUT2D eigenvalue weighted by Gasteiger charge is -2.27. The second kappa shape index (κ2) is 12.9. The molecule has 2 heteroatoms. The molecule has 1 heterocycles. The summed E-state index contributed by atoms with van der Waals surface area (Å²) < 4.78 is 2.47. The van der Waals surface area contributed by atoms with E-state index in [2.05, 4.69) is 220 Å². The van der Waals surface area contributed by atoms with Crippen LogP contribution in [0, 0.1) is 6.92 Å². The molecule has 0 N–H and O–H groups in total. The largest absolute Gasteiger partial charge is 0.310 e. The Morgan fingerprint density at radius 1 is 0.446 bits per heavy atom. The monoisotopic (exact) mass is 722 g/mol. The zero-order valence-corrected chi connectivity index (χ0v) is 32.8. The lowest BCUT2D eigenvalue weighted by Crippen LogP contribution is -2.18. The van der Waals surface area contributed by atoms with Gasteiger partial charge in [0.15, 0.2) is 0 Å². The first kappa shape index (κ1) is 34.1. The summed E-state index contributed by atoms with van der Waals surface area (Å²) in [6, 6.07) is 65.1. The van der Waals surface area contributed by atoms with Gasteiger partial charge in [-0.1, -0.05) is 143 Å². The average molecular weight is 723 g/mol. The van der Waals surface area contributed by atoms with E-state index in [4.69, 9.17) is 0 Å². The summed E-state index contributed by atoms with van der Waals surface area (Å²) in [4.78, 5) is 2.44. The second-order valence-electron chi connectivity index (χ2n) is 17.0. The highest BCUT2D eigenvalue weighted by atomic mass is 15.1. The van der Waals surface area contributed by atoms with Crippen LogP contribution >= 0.6 is 0 Å². The average Bonchev–Trinajstić information content (AvgIpc) is 3.64. The van der Waals surface area contributed by atoms with Crippen molar-refractivity contribution >= 4 is 49.6 Å². The molecule has 0 amide bonds. The predicted octanol–water partition coefficient (Wildman–Crippen LogP) is 15.0. The molecule has 0 bridgehead atoms. The van der Waals surface area contributed by atoms with Crippen molar-refractivity contribution in [2.75, 3.05) is 4.90 Å². The second-order valence-corrected chi connectivity index (χ2v) is 17.0. The van der Waals surface area contributed by atoms with Crippen molar-refractivity contribution in [1.82, 2.24) is 4.57 Å². The molecule has 2 nitrogen and oxygen atoms in total. The van der Waals surface area contributed by atoms with E-state index in [-0.39, 0.29) is 10.8 Å². The molecular weight excluding hydrogens is 677 g/mol. The first-order chi connectivity index (χ1) is 27.2. The summed E-state index contributed by atoms with van der Waals surface area (Å²) in [5.41, 5.74) is 16.4. The highest BCUT2D eigenvalue weighted by molar-refractivity contribution is 6.11. The molecule has 0 fully saturated rings. The topological polar surface area (TPSA) is 8.17 Å². The molecule has 0 spiro atoms. The fraction of sp³-hybridized carbons (Fsp3) is 0.148. The zero-order valence-electron chi connectivity index (χ0n) is 32.8. The van der Waals surface area contributed by atoms with Crippen LogP contribution in [0.1, 0.15) is 50.8 Å². The summed E-state index contributed by atoms with van der Waals surface area (Å²) in [6.45, 7) is 11.8. The number of rotatable bonds is 6. The maximum Gasteiger partial charge on any atom is 0.0542 e. The molecule has 8 aromatic carbocycles. The van der Waals surface area contributed by atoms with E-state index in [0.717, 1.165) is 23.5 Å². The molecule has 1 aromatic heterocycles. The van der Waals surface area contributed by atoms with Gasteiger partial charge in [-0.15, -0.1) is 0 Å². The molecule has 0 unspecified atom stereocenters. The Labute approximate surface area is 330 Å². The van der Waals surface area contributed by atoms with Crippen molar-refractivity contribution in [3.05, 3.63) is 193 Å². The Hall–Kier alpha value is -6.38. The molecular formula is C54H46N2. The molecule has 9 aromatic rings. The number of fused-ring (bicyclic) bond motifs is 5. The third kappa shape index (κ3) is 5.55. The van der Waals surface area contributed by atoms with Gasteiger partial charge >= 0.3 is 0 Å². The standard InChI is InChI=1S/C54H46N2/c1-36-25-26-41(32-47(36)38-15-7-6-8-16-38)55(40-20-13-19-39(31-40)45-23-14-18-37-17-9-10-21-44(37)45)42-28-30-52-48(33-42)46-22-11-12-24-51(46)56(52)43-27-29-49-50(34-43)54(4,5)35-53(49,2)3/h6-34H,35H2,1-5H3. The molecule has 0 saturated carbocycles. The van der Waals surface area contributed by atoms with Crippen LogP contribution in [0.5, 0.6) is 0 Å². The van der Waals surface area contributed by atoms with Crippen LogP contribution in [0.15, 0.2) is 176 Å². The first-order valence-electron chi connectivity index (χ1n) is 19.9. The maximum absolute atomic E-state index is 2.47. The van der Waals surface area contributed by atoms with Gasteiger partial charge in [0.1, 0.15) is 0 Å². The highest BCUT2D eigenvalue weighted by Crippen LogP contribution is 2.50. The van der Waals surface area contributed by atoms with Gasteiger partial charge in [-0.25, -0.2) is 0 Å². The molecule has 272 valence electrons. The van der Waals surface area contributed by atoms with Gasteiger partial charge in [0.2, 0.25) is 0 Å². The van der Waals surface area contributed by atoms with Crippen LogP contribution in [0.4, 0.5) is 17.1 Å². The molecule has 56 heavy (non-hydrogen) atoms. The van der Waals surface area contributed by atoms with E-state index in [1.165, 1.54) is 77.2 Å². The van der Waals surface area contributed by atoms with E-state index in [9.17, 15) is 0 Å². The van der Waals surface area contributed by atoms with Crippen LogP contribution < -0.4 is 4.90 Å². The maximum atomic E-state index is 2.47. The molecule has 0 radical (unpaired) electrons. The van der Waals surface area contributed by atoms with Gasteiger partial charge in [-0.2, -0.15) is 0 Å². The number of hydrogen-bond acceptors (Lipinski definition) is 1. The first-order valence-corrected chi connectivity index (χ1v) is 19.9. The van der Waals surface area contributed by atoms with Gasteiger partial charge in [0, 0.05) is 33.5 Å². The molecule has 0 aliphatic heterocycles.